The molecular formula is C11H17N3O3. The fourth-order valence-electron chi connectivity index (χ4n) is 2.17. The third-order valence-electron chi connectivity index (χ3n) is 3.14. The molecule has 0 aliphatic carbocycles. The summed E-state index contributed by atoms with van der Waals surface area (Å²) in [5.41, 5.74) is 0. The molecule has 2 N–H and O–H groups in total. The maximum Gasteiger partial charge on any atom is 0.239 e. The smallest absolute Gasteiger partial charge is 0.239 e. The fraction of sp³-hybridized carbons (Fsp3) is 0.727. The molecule has 1 atom stereocenters. The predicted octanol–water partition coefficient (Wildman–Crippen LogP) is -0.996. The Balaban J connectivity index is 1.73. The molecule has 0 saturated carbocycles. The van der Waals surface area contributed by atoms with Gasteiger partial charge in [0.15, 0.2) is 0 Å². The minimum absolute atomic E-state index is 0.00194. The van der Waals surface area contributed by atoms with Gasteiger partial charge in [0.2, 0.25) is 17.7 Å². The van der Waals surface area contributed by atoms with E-state index in [-0.39, 0.29) is 30.3 Å². The lowest BCUT2D eigenvalue weighted by Gasteiger charge is -2.24. The number of rotatable bonds is 3. The Morgan fingerprint density at radius 1 is 1.41 bits per heavy atom. The molecule has 6 nitrogen and oxygen atoms in total. The standard InChI is InChI=1S/C11H17N3O3/c15-9-4-3-8(6-12-9)13-10(16)7-14-5-1-2-11(14)17/h8H,1-7H2,(H,12,15)(H,13,16). The van der Waals surface area contributed by atoms with Crippen LogP contribution in [0.2, 0.25) is 0 Å². The first-order valence-corrected chi connectivity index (χ1v) is 5.99. The van der Waals surface area contributed by atoms with Crippen molar-refractivity contribution in [3.05, 3.63) is 0 Å². The molecular weight excluding hydrogens is 222 g/mol. The summed E-state index contributed by atoms with van der Waals surface area (Å²) in [4.78, 5) is 35.5. The van der Waals surface area contributed by atoms with E-state index in [0.717, 1.165) is 6.42 Å². The largest absolute Gasteiger partial charge is 0.354 e. The summed E-state index contributed by atoms with van der Waals surface area (Å²) < 4.78 is 0. The van der Waals surface area contributed by atoms with Crippen molar-refractivity contribution in [3.63, 3.8) is 0 Å². The molecule has 0 aromatic heterocycles. The zero-order valence-corrected chi connectivity index (χ0v) is 9.70. The summed E-state index contributed by atoms with van der Waals surface area (Å²) in [6, 6.07) is -0.00194. The van der Waals surface area contributed by atoms with Crippen molar-refractivity contribution < 1.29 is 14.4 Å². The van der Waals surface area contributed by atoms with Gasteiger partial charge in [0.25, 0.3) is 0 Å². The Hall–Kier alpha value is -1.59. The van der Waals surface area contributed by atoms with Crippen molar-refractivity contribution in [1.29, 1.82) is 0 Å². The van der Waals surface area contributed by atoms with E-state index in [4.69, 9.17) is 0 Å². The SMILES string of the molecule is O=C1CCC(NC(=O)CN2CCCC2=O)CN1. The summed E-state index contributed by atoms with van der Waals surface area (Å²) in [7, 11) is 0. The van der Waals surface area contributed by atoms with Crippen molar-refractivity contribution in [2.45, 2.75) is 31.7 Å². The second-order valence-electron chi connectivity index (χ2n) is 4.53. The van der Waals surface area contributed by atoms with Crippen molar-refractivity contribution in [2.24, 2.45) is 0 Å². The molecule has 0 spiro atoms. The minimum Gasteiger partial charge on any atom is -0.354 e. The van der Waals surface area contributed by atoms with E-state index in [2.05, 4.69) is 10.6 Å². The molecule has 0 radical (unpaired) electrons. The zero-order chi connectivity index (χ0) is 12.3. The highest BCUT2D eigenvalue weighted by atomic mass is 16.2. The van der Waals surface area contributed by atoms with Crippen LogP contribution in [0.4, 0.5) is 0 Å². The van der Waals surface area contributed by atoms with Crippen LogP contribution >= 0.6 is 0 Å². The maximum atomic E-state index is 11.7. The number of amides is 3. The average Bonchev–Trinajstić information content (AvgIpc) is 2.68. The summed E-state index contributed by atoms with van der Waals surface area (Å²) in [5.74, 6) is -0.0521. The van der Waals surface area contributed by atoms with E-state index in [0.29, 0.717) is 32.4 Å². The van der Waals surface area contributed by atoms with E-state index in [9.17, 15) is 14.4 Å². The number of carbonyl (C=O) groups excluding carboxylic acids is 3. The Bertz CT molecular complexity index is 333. The lowest BCUT2D eigenvalue weighted by atomic mass is 10.1. The molecule has 0 aromatic carbocycles. The Kier molecular flexibility index (Phi) is 3.61. The van der Waals surface area contributed by atoms with Crippen LogP contribution in [-0.2, 0) is 14.4 Å². The highest BCUT2D eigenvalue weighted by Crippen LogP contribution is 2.09. The molecule has 17 heavy (non-hydrogen) atoms. The first-order chi connectivity index (χ1) is 8.15. The molecule has 6 heteroatoms. The number of piperidine rings is 1. The Labute approximate surface area is 99.7 Å². The molecule has 0 aromatic rings. The van der Waals surface area contributed by atoms with Crippen LogP contribution in [-0.4, -0.2) is 48.3 Å². The van der Waals surface area contributed by atoms with Gasteiger partial charge in [0.1, 0.15) is 0 Å². The van der Waals surface area contributed by atoms with E-state index in [1.54, 1.807) is 4.90 Å². The molecule has 2 aliphatic rings. The molecule has 2 rings (SSSR count). The average molecular weight is 239 g/mol. The van der Waals surface area contributed by atoms with Gasteiger partial charge in [-0.2, -0.15) is 0 Å². The van der Waals surface area contributed by atoms with Gasteiger partial charge in [-0.25, -0.2) is 0 Å². The zero-order valence-electron chi connectivity index (χ0n) is 9.70. The van der Waals surface area contributed by atoms with Gasteiger partial charge in [0, 0.05) is 32.0 Å². The lowest BCUT2D eigenvalue weighted by Crippen LogP contribution is -2.50. The van der Waals surface area contributed by atoms with Crippen molar-refractivity contribution in [3.8, 4) is 0 Å². The van der Waals surface area contributed by atoms with E-state index in [1.807, 2.05) is 0 Å². The summed E-state index contributed by atoms with van der Waals surface area (Å²) in [6.07, 6.45) is 2.51. The van der Waals surface area contributed by atoms with Gasteiger partial charge in [-0.05, 0) is 12.8 Å². The molecule has 2 heterocycles. The van der Waals surface area contributed by atoms with E-state index in [1.165, 1.54) is 0 Å². The van der Waals surface area contributed by atoms with Crippen molar-refractivity contribution in [2.75, 3.05) is 19.6 Å². The molecule has 2 aliphatic heterocycles. The Morgan fingerprint density at radius 2 is 2.24 bits per heavy atom. The summed E-state index contributed by atoms with van der Waals surface area (Å²) in [5, 5.41) is 5.54. The van der Waals surface area contributed by atoms with E-state index >= 15 is 0 Å². The van der Waals surface area contributed by atoms with Crippen LogP contribution in [0.15, 0.2) is 0 Å². The second-order valence-corrected chi connectivity index (χ2v) is 4.53. The highest BCUT2D eigenvalue weighted by Gasteiger charge is 2.24. The first-order valence-electron chi connectivity index (χ1n) is 5.99. The molecule has 2 saturated heterocycles. The topological polar surface area (TPSA) is 78.5 Å². The number of hydrogen-bond donors (Lipinski definition) is 2. The number of hydrogen-bond acceptors (Lipinski definition) is 3. The number of nitrogens with one attached hydrogen (secondary N) is 2. The molecule has 3 amide bonds. The van der Waals surface area contributed by atoms with Gasteiger partial charge >= 0.3 is 0 Å². The van der Waals surface area contributed by atoms with Crippen LogP contribution < -0.4 is 10.6 Å². The van der Waals surface area contributed by atoms with Crippen LogP contribution in [0.1, 0.15) is 25.7 Å². The lowest BCUT2D eigenvalue weighted by molar-refractivity contribution is -0.133. The van der Waals surface area contributed by atoms with Gasteiger partial charge in [0.05, 0.1) is 6.54 Å². The van der Waals surface area contributed by atoms with Crippen LogP contribution in [0.3, 0.4) is 0 Å². The summed E-state index contributed by atoms with van der Waals surface area (Å²) >= 11 is 0. The van der Waals surface area contributed by atoms with Crippen LogP contribution in [0, 0.1) is 0 Å². The minimum atomic E-state index is -0.138. The van der Waals surface area contributed by atoms with E-state index < -0.39 is 0 Å². The molecule has 94 valence electrons. The fourth-order valence-corrected chi connectivity index (χ4v) is 2.17. The van der Waals surface area contributed by atoms with Gasteiger partial charge in [-0.3, -0.25) is 14.4 Å². The number of carbonyl (C=O) groups is 3. The third-order valence-corrected chi connectivity index (χ3v) is 3.14. The summed E-state index contributed by atoms with van der Waals surface area (Å²) in [6.45, 7) is 1.30. The monoisotopic (exact) mass is 239 g/mol. The third kappa shape index (κ3) is 3.18. The van der Waals surface area contributed by atoms with Gasteiger partial charge in [-0.1, -0.05) is 0 Å². The number of likely N-dealkylation sites (tertiary alicyclic amines) is 1. The predicted molar refractivity (Wildman–Crippen MR) is 60.0 cm³/mol. The van der Waals surface area contributed by atoms with Crippen LogP contribution in [0.25, 0.3) is 0 Å². The second kappa shape index (κ2) is 5.16. The van der Waals surface area contributed by atoms with Gasteiger partial charge < -0.3 is 15.5 Å². The quantitative estimate of drug-likeness (QED) is 0.663. The molecule has 0 bridgehead atoms. The molecule has 2 fully saturated rings. The Morgan fingerprint density at radius 3 is 2.82 bits per heavy atom. The number of nitrogens with zero attached hydrogens (tertiary/aromatic N) is 1. The van der Waals surface area contributed by atoms with Gasteiger partial charge in [-0.15, -0.1) is 0 Å². The van der Waals surface area contributed by atoms with Crippen LogP contribution in [0.5, 0.6) is 0 Å². The highest BCUT2D eigenvalue weighted by molar-refractivity contribution is 5.86. The normalized spacial score (nSPS) is 24.7. The van der Waals surface area contributed by atoms with Crippen molar-refractivity contribution >= 4 is 17.7 Å². The maximum absolute atomic E-state index is 11.7. The van der Waals surface area contributed by atoms with Crippen molar-refractivity contribution in [1.82, 2.24) is 15.5 Å². The molecule has 1 unspecified atom stereocenters. The first kappa shape index (κ1) is 11.9.